The molecule has 0 saturated carbocycles. The lowest BCUT2D eigenvalue weighted by molar-refractivity contribution is -0.124. The highest BCUT2D eigenvalue weighted by Crippen LogP contribution is 2.17. The first-order chi connectivity index (χ1) is 6.66. The Morgan fingerprint density at radius 3 is 2.07 bits per heavy atom. The number of hydrogen-bond acceptors (Lipinski definition) is 2. The number of amides is 1. The Labute approximate surface area is 94.2 Å². The highest BCUT2D eigenvalue weighted by molar-refractivity contribution is 5.78. The molecule has 0 aromatic rings. The maximum absolute atomic E-state index is 11.5. The molecule has 0 aliphatic carbocycles. The van der Waals surface area contributed by atoms with Gasteiger partial charge < -0.3 is 10.2 Å². The maximum atomic E-state index is 11.5. The molecule has 1 N–H and O–H groups in total. The first-order valence-corrected chi connectivity index (χ1v) is 5.64. The zero-order valence-electron chi connectivity index (χ0n) is 11.2. The zero-order chi connectivity index (χ0) is 12.2. The van der Waals surface area contributed by atoms with E-state index in [1.807, 2.05) is 13.8 Å². The quantitative estimate of drug-likeness (QED) is 0.758. The molecule has 15 heavy (non-hydrogen) atoms. The van der Waals surface area contributed by atoms with E-state index in [4.69, 9.17) is 0 Å². The fraction of sp³-hybridized carbons (Fsp3) is 0.917. The molecule has 90 valence electrons. The van der Waals surface area contributed by atoms with E-state index in [2.05, 4.69) is 45.1 Å². The average Bonchev–Trinajstić information content (AvgIpc) is 2.01. The number of carbonyl (C=O) groups excluding carboxylic acids is 1. The SMILES string of the molecule is CC(CC(C)(C)N(C)C)NC(=O)C(C)C. The van der Waals surface area contributed by atoms with Gasteiger partial charge in [0.05, 0.1) is 0 Å². The van der Waals surface area contributed by atoms with Crippen LogP contribution in [0.5, 0.6) is 0 Å². The van der Waals surface area contributed by atoms with Crippen molar-refractivity contribution in [3.05, 3.63) is 0 Å². The maximum Gasteiger partial charge on any atom is 0.222 e. The summed E-state index contributed by atoms with van der Waals surface area (Å²) in [6.45, 7) is 10.3. The lowest BCUT2D eigenvalue weighted by Crippen LogP contribution is -2.45. The molecule has 1 atom stereocenters. The van der Waals surface area contributed by atoms with Gasteiger partial charge in [0.25, 0.3) is 0 Å². The molecule has 0 radical (unpaired) electrons. The molecule has 0 aromatic carbocycles. The molecule has 1 amide bonds. The molecule has 1 unspecified atom stereocenters. The van der Waals surface area contributed by atoms with Crippen LogP contribution in [0.15, 0.2) is 0 Å². The highest BCUT2D eigenvalue weighted by Gasteiger charge is 2.24. The highest BCUT2D eigenvalue weighted by atomic mass is 16.1. The largest absolute Gasteiger partial charge is 0.353 e. The number of rotatable bonds is 5. The van der Waals surface area contributed by atoms with Crippen molar-refractivity contribution in [2.24, 2.45) is 5.92 Å². The van der Waals surface area contributed by atoms with Crippen LogP contribution in [-0.4, -0.2) is 36.5 Å². The molecule has 3 nitrogen and oxygen atoms in total. The van der Waals surface area contributed by atoms with Crippen molar-refractivity contribution in [3.63, 3.8) is 0 Å². The van der Waals surface area contributed by atoms with Crippen LogP contribution in [0.2, 0.25) is 0 Å². The third kappa shape index (κ3) is 5.17. The molecule has 0 heterocycles. The van der Waals surface area contributed by atoms with Crippen molar-refractivity contribution in [1.82, 2.24) is 10.2 Å². The van der Waals surface area contributed by atoms with Gasteiger partial charge in [-0.2, -0.15) is 0 Å². The Kier molecular flexibility index (Phi) is 5.29. The Morgan fingerprint density at radius 2 is 1.73 bits per heavy atom. The normalized spacial score (nSPS) is 14.5. The van der Waals surface area contributed by atoms with Gasteiger partial charge in [-0.3, -0.25) is 4.79 Å². The molecule has 0 saturated heterocycles. The van der Waals surface area contributed by atoms with E-state index in [0.717, 1.165) is 6.42 Å². The first kappa shape index (κ1) is 14.4. The second-order valence-corrected chi connectivity index (χ2v) is 5.48. The molecule has 0 rings (SSSR count). The van der Waals surface area contributed by atoms with E-state index >= 15 is 0 Å². The van der Waals surface area contributed by atoms with Gasteiger partial charge in [-0.1, -0.05) is 13.8 Å². The Bertz CT molecular complexity index is 210. The summed E-state index contributed by atoms with van der Waals surface area (Å²) in [6, 6.07) is 0.220. The predicted molar refractivity (Wildman–Crippen MR) is 64.8 cm³/mol. The van der Waals surface area contributed by atoms with Crippen molar-refractivity contribution in [2.45, 2.75) is 52.6 Å². The molecular formula is C12H26N2O. The molecule has 0 aromatic heterocycles. The van der Waals surface area contributed by atoms with Gasteiger partial charge in [-0.05, 0) is 41.3 Å². The summed E-state index contributed by atoms with van der Waals surface area (Å²) in [5.74, 6) is 0.201. The summed E-state index contributed by atoms with van der Waals surface area (Å²) in [5, 5.41) is 3.02. The number of nitrogens with one attached hydrogen (secondary N) is 1. The second kappa shape index (κ2) is 5.50. The van der Waals surface area contributed by atoms with E-state index in [1.54, 1.807) is 0 Å². The number of hydrogen-bond donors (Lipinski definition) is 1. The lowest BCUT2D eigenvalue weighted by Gasteiger charge is -2.35. The Balaban J connectivity index is 4.15. The minimum atomic E-state index is 0.0647. The topological polar surface area (TPSA) is 32.3 Å². The summed E-state index contributed by atoms with van der Waals surface area (Å²) in [4.78, 5) is 13.7. The van der Waals surface area contributed by atoms with Crippen molar-refractivity contribution >= 4 is 5.91 Å². The van der Waals surface area contributed by atoms with Crippen LogP contribution in [0.4, 0.5) is 0 Å². The van der Waals surface area contributed by atoms with Crippen LogP contribution in [0.3, 0.4) is 0 Å². The van der Waals surface area contributed by atoms with Gasteiger partial charge in [0.2, 0.25) is 5.91 Å². The van der Waals surface area contributed by atoms with E-state index in [-0.39, 0.29) is 23.4 Å². The minimum Gasteiger partial charge on any atom is -0.353 e. The molecule has 0 aliphatic rings. The van der Waals surface area contributed by atoms with Gasteiger partial charge >= 0.3 is 0 Å². The molecule has 0 aliphatic heterocycles. The molecule has 0 spiro atoms. The lowest BCUT2D eigenvalue weighted by atomic mass is 9.94. The minimum absolute atomic E-state index is 0.0647. The first-order valence-electron chi connectivity index (χ1n) is 5.64. The van der Waals surface area contributed by atoms with Gasteiger partial charge in [0.15, 0.2) is 0 Å². The summed E-state index contributed by atoms with van der Waals surface area (Å²) >= 11 is 0. The fourth-order valence-corrected chi connectivity index (χ4v) is 1.39. The van der Waals surface area contributed by atoms with Crippen molar-refractivity contribution in [2.75, 3.05) is 14.1 Å². The van der Waals surface area contributed by atoms with Crippen molar-refractivity contribution < 1.29 is 4.79 Å². The summed E-state index contributed by atoms with van der Waals surface area (Å²) in [5.41, 5.74) is 0.115. The number of carbonyl (C=O) groups is 1. The molecule has 0 fully saturated rings. The van der Waals surface area contributed by atoms with Crippen LogP contribution in [0.25, 0.3) is 0 Å². The van der Waals surface area contributed by atoms with E-state index in [0.29, 0.717) is 0 Å². The van der Waals surface area contributed by atoms with Crippen LogP contribution in [0, 0.1) is 5.92 Å². The summed E-state index contributed by atoms with van der Waals surface area (Å²) < 4.78 is 0. The smallest absolute Gasteiger partial charge is 0.222 e. The van der Waals surface area contributed by atoms with Gasteiger partial charge in [0.1, 0.15) is 0 Å². The Morgan fingerprint density at radius 1 is 1.27 bits per heavy atom. The standard InChI is InChI=1S/C12H26N2O/c1-9(2)11(15)13-10(3)8-12(4,5)14(6)7/h9-10H,8H2,1-7H3,(H,13,15). The van der Waals surface area contributed by atoms with E-state index < -0.39 is 0 Å². The summed E-state index contributed by atoms with van der Waals surface area (Å²) in [7, 11) is 4.13. The van der Waals surface area contributed by atoms with Gasteiger partial charge in [0, 0.05) is 17.5 Å². The predicted octanol–water partition coefficient (Wildman–Crippen LogP) is 1.88. The van der Waals surface area contributed by atoms with Gasteiger partial charge in [-0.15, -0.1) is 0 Å². The summed E-state index contributed by atoms with van der Waals surface area (Å²) in [6.07, 6.45) is 0.957. The van der Waals surface area contributed by atoms with E-state index in [9.17, 15) is 4.79 Å². The van der Waals surface area contributed by atoms with Crippen molar-refractivity contribution in [3.8, 4) is 0 Å². The third-order valence-electron chi connectivity index (χ3n) is 2.93. The Hall–Kier alpha value is -0.570. The molecular weight excluding hydrogens is 188 g/mol. The zero-order valence-corrected chi connectivity index (χ0v) is 11.2. The van der Waals surface area contributed by atoms with Crippen LogP contribution < -0.4 is 5.32 Å². The van der Waals surface area contributed by atoms with Crippen LogP contribution in [-0.2, 0) is 4.79 Å². The number of nitrogens with zero attached hydrogens (tertiary/aromatic N) is 1. The fourth-order valence-electron chi connectivity index (χ4n) is 1.39. The van der Waals surface area contributed by atoms with Gasteiger partial charge in [-0.25, -0.2) is 0 Å². The van der Waals surface area contributed by atoms with Crippen LogP contribution >= 0.6 is 0 Å². The monoisotopic (exact) mass is 214 g/mol. The average molecular weight is 214 g/mol. The van der Waals surface area contributed by atoms with Crippen molar-refractivity contribution in [1.29, 1.82) is 0 Å². The third-order valence-corrected chi connectivity index (χ3v) is 2.93. The molecule has 0 bridgehead atoms. The van der Waals surface area contributed by atoms with E-state index in [1.165, 1.54) is 0 Å². The molecule has 3 heteroatoms. The second-order valence-electron chi connectivity index (χ2n) is 5.48. The van der Waals surface area contributed by atoms with Crippen LogP contribution in [0.1, 0.15) is 41.0 Å².